The highest BCUT2D eigenvalue weighted by atomic mass is 16.4. The highest BCUT2D eigenvalue weighted by molar-refractivity contribution is 5.78. The number of aliphatic carboxylic acids is 1. The Balaban J connectivity index is 2.20. The first kappa shape index (κ1) is 14.5. The second kappa shape index (κ2) is 6.98. The summed E-state index contributed by atoms with van der Waals surface area (Å²) in [4.78, 5) is 34.8. The van der Waals surface area contributed by atoms with E-state index >= 15 is 0 Å². The van der Waals surface area contributed by atoms with E-state index in [1.807, 2.05) is 0 Å². The Bertz CT molecular complexity index is 322. The van der Waals surface area contributed by atoms with Crippen LogP contribution < -0.4 is 5.73 Å². The van der Waals surface area contributed by atoms with Crippen molar-refractivity contribution < 1.29 is 19.5 Å². The fourth-order valence-electron chi connectivity index (χ4n) is 2.12. The number of unbranched alkanes of at least 4 members (excludes halogenated alkanes) is 1. The summed E-state index contributed by atoms with van der Waals surface area (Å²) in [6, 6.07) is 0. The van der Waals surface area contributed by atoms with Crippen LogP contribution in [0.2, 0.25) is 0 Å². The van der Waals surface area contributed by atoms with Crippen molar-refractivity contribution in [2.24, 2.45) is 11.7 Å². The van der Waals surface area contributed by atoms with Crippen molar-refractivity contribution in [1.82, 2.24) is 4.90 Å². The SMILES string of the molecule is NC(=O)C1CCN(C(=O)CCCCC(=O)O)CC1. The minimum absolute atomic E-state index is 0.0447. The van der Waals surface area contributed by atoms with Crippen LogP contribution in [-0.4, -0.2) is 40.9 Å². The lowest BCUT2D eigenvalue weighted by atomic mass is 9.96. The Morgan fingerprint density at radius 2 is 1.67 bits per heavy atom. The van der Waals surface area contributed by atoms with Crippen molar-refractivity contribution in [1.29, 1.82) is 0 Å². The molecule has 6 nitrogen and oxygen atoms in total. The van der Waals surface area contributed by atoms with E-state index in [0.717, 1.165) is 0 Å². The van der Waals surface area contributed by atoms with Crippen molar-refractivity contribution in [2.45, 2.75) is 38.5 Å². The van der Waals surface area contributed by atoms with Crippen LogP contribution in [0.1, 0.15) is 38.5 Å². The summed E-state index contributed by atoms with van der Waals surface area (Å²) < 4.78 is 0. The van der Waals surface area contributed by atoms with Gasteiger partial charge in [0.1, 0.15) is 0 Å². The lowest BCUT2D eigenvalue weighted by molar-refractivity contribution is -0.138. The molecule has 102 valence electrons. The number of likely N-dealkylation sites (tertiary alicyclic amines) is 1. The fourth-order valence-corrected chi connectivity index (χ4v) is 2.12. The summed E-state index contributed by atoms with van der Waals surface area (Å²) in [5, 5.41) is 8.47. The van der Waals surface area contributed by atoms with Crippen molar-refractivity contribution in [3.63, 3.8) is 0 Å². The molecule has 0 aliphatic carbocycles. The molecule has 1 aliphatic heterocycles. The Kier molecular flexibility index (Phi) is 5.61. The Morgan fingerprint density at radius 1 is 1.11 bits per heavy atom. The highest BCUT2D eigenvalue weighted by Gasteiger charge is 2.25. The van der Waals surface area contributed by atoms with Gasteiger partial charge in [-0.05, 0) is 25.7 Å². The number of carboxylic acid groups (broad SMARTS) is 1. The summed E-state index contributed by atoms with van der Waals surface area (Å²) >= 11 is 0. The molecule has 1 fully saturated rings. The van der Waals surface area contributed by atoms with E-state index in [4.69, 9.17) is 10.8 Å². The van der Waals surface area contributed by atoms with Gasteiger partial charge in [0.05, 0.1) is 0 Å². The van der Waals surface area contributed by atoms with Gasteiger partial charge in [0, 0.05) is 31.8 Å². The third-order valence-electron chi connectivity index (χ3n) is 3.28. The Morgan fingerprint density at radius 3 is 2.17 bits per heavy atom. The summed E-state index contributed by atoms with van der Waals surface area (Å²) in [6.07, 6.45) is 2.89. The average Bonchev–Trinajstić information content (AvgIpc) is 2.34. The van der Waals surface area contributed by atoms with Crippen LogP contribution in [0.3, 0.4) is 0 Å². The molecule has 1 aliphatic rings. The molecule has 0 spiro atoms. The molecule has 18 heavy (non-hydrogen) atoms. The molecule has 0 atom stereocenters. The van der Waals surface area contributed by atoms with Crippen molar-refractivity contribution in [3.05, 3.63) is 0 Å². The maximum absolute atomic E-state index is 11.8. The molecule has 3 N–H and O–H groups in total. The summed E-state index contributed by atoms with van der Waals surface area (Å²) in [6.45, 7) is 1.15. The summed E-state index contributed by atoms with van der Waals surface area (Å²) in [5.41, 5.74) is 5.22. The number of hydrogen-bond donors (Lipinski definition) is 2. The normalized spacial score (nSPS) is 16.6. The van der Waals surface area contributed by atoms with E-state index in [1.54, 1.807) is 4.90 Å². The highest BCUT2D eigenvalue weighted by Crippen LogP contribution is 2.17. The zero-order valence-corrected chi connectivity index (χ0v) is 10.4. The molecule has 2 amide bonds. The molecule has 0 bridgehead atoms. The molecule has 0 aromatic rings. The first-order valence-corrected chi connectivity index (χ1v) is 6.29. The smallest absolute Gasteiger partial charge is 0.303 e. The average molecular weight is 256 g/mol. The summed E-state index contributed by atoms with van der Waals surface area (Å²) in [5.74, 6) is -1.18. The second-order valence-corrected chi connectivity index (χ2v) is 4.66. The maximum Gasteiger partial charge on any atom is 0.303 e. The second-order valence-electron chi connectivity index (χ2n) is 4.66. The number of hydrogen-bond acceptors (Lipinski definition) is 3. The number of carboxylic acids is 1. The third-order valence-corrected chi connectivity index (χ3v) is 3.28. The lowest BCUT2D eigenvalue weighted by Gasteiger charge is -2.30. The van der Waals surface area contributed by atoms with Gasteiger partial charge in [0.25, 0.3) is 0 Å². The van der Waals surface area contributed by atoms with Crippen LogP contribution >= 0.6 is 0 Å². The van der Waals surface area contributed by atoms with Crippen molar-refractivity contribution in [2.75, 3.05) is 13.1 Å². The number of amides is 2. The molecule has 0 aromatic carbocycles. The number of nitrogens with zero attached hydrogens (tertiary/aromatic N) is 1. The number of primary amides is 1. The minimum Gasteiger partial charge on any atom is -0.481 e. The molecule has 0 unspecified atom stereocenters. The predicted molar refractivity (Wildman–Crippen MR) is 64.6 cm³/mol. The standard InChI is InChI=1S/C12H20N2O4/c13-12(18)9-5-7-14(8-6-9)10(15)3-1-2-4-11(16)17/h9H,1-8H2,(H2,13,18)(H,16,17). The molecular formula is C12H20N2O4. The van der Waals surface area contributed by atoms with E-state index in [1.165, 1.54) is 0 Å². The van der Waals surface area contributed by atoms with Crippen LogP contribution in [-0.2, 0) is 14.4 Å². The van der Waals surface area contributed by atoms with Crippen LogP contribution in [0, 0.1) is 5.92 Å². The molecule has 0 aromatic heterocycles. The minimum atomic E-state index is -0.829. The quantitative estimate of drug-likeness (QED) is 0.670. The van der Waals surface area contributed by atoms with Crippen LogP contribution in [0.4, 0.5) is 0 Å². The number of rotatable bonds is 6. The van der Waals surface area contributed by atoms with Gasteiger partial charge in [-0.3, -0.25) is 14.4 Å². The predicted octanol–water partition coefficient (Wildman–Crippen LogP) is 0.355. The number of nitrogens with two attached hydrogens (primary N) is 1. The van der Waals surface area contributed by atoms with Gasteiger partial charge >= 0.3 is 5.97 Å². The molecule has 0 saturated carbocycles. The Hall–Kier alpha value is -1.59. The number of carbonyl (C=O) groups excluding carboxylic acids is 2. The topological polar surface area (TPSA) is 101 Å². The van der Waals surface area contributed by atoms with E-state index < -0.39 is 5.97 Å². The van der Waals surface area contributed by atoms with Gasteiger partial charge in [-0.15, -0.1) is 0 Å². The third kappa shape index (κ3) is 4.73. The van der Waals surface area contributed by atoms with Gasteiger partial charge < -0.3 is 15.7 Å². The van der Waals surface area contributed by atoms with Crippen LogP contribution in [0.15, 0.2) is 0 Å². The van der Waals surface area contributed by atoms with E-state index in [0.29, 0.717) is 45.2 Å². The van der Waals surface area contributed by atoms with E-state index in [2.05, 4.69) is 0 Å². The number of carbonyl (C=O) groups is 3. The molecule has 0 radical (unpaired) electrons. The first-order chi connectivity index (χ1) is 8.50. The lowest BCUT2D eigenvalue weighted by Crippen LogP contribution is -2.41. The van der Waals surface area contributed by atoms with E-state index in [9.17, 15) is 14.4 Å². The largest absolute Gasteiger partial charge is 0.481 e. The zero-order chi connectivity index (χ0) is 13.5. The van der Waals surface area contributed by atoms with Crippen molar-refractivity contribution >= 4 is 17.8 Å². The van der Waals surface area contributed by atoms with Crippen LogP contribution in [0.25, 0.3) is 0 Å². The van der Waals surface area contributed by atoms with E-state index in [-0.39, 0.29) is 24.2 Å². The first-order valence-electron chi connectivity index (χ1n) is 6.29. The molecule has 1 rings (SSSR count). The van der Waals surface area contributed by atoms with Gasteiger partial charge in [-0.2, -0.15) is 0 Å². The molecule has 6 heteroatoms. The Labute approximate surface area is 106 Å². The molecular weight excluding hydrogens is 236 g/mol. The molecule has 1 heterocycles. The zero-order valence-electron chi connectivity index (χ0n) is 10.4. The van der Waals surface area contributed by atoms with Crippen LogP contribution in [0.5, 0.6) is 0 Å². The van der Waals surface area contributed by atoms with Gasteiger partial charge in [0.2, 0.25) is 11.8 Å². The van der Waals surface area contributed by atoms with Gasteiger partial charge in [0.15, 0.2) is 0 Å². The van der Waals surface area contributed by atoms with Crippen molar-refractivity contribution in [3.8, 4) is 0 Å². The summed E-state index contributed by atoms with van der Waals surface area (Å²) in [7, 11) is 0. The fraction of sp³-hybridized carbons (Fsp3) is 0.750. The monoisotopic (exact) mass is 256 g/mol. The number of piperidine rings is 1. The maximum atomic E-state index is 11.8. The molecule has 1 saturated heterocycles. The van der Waals surface area contributed by atoms with Gasteiger partial charge in [-0.1, -0.05) is 0 Å². The van der Waals surface area contributed by atoms with Gasteiger partial charge in [-0.25, -0.2) is 0 Å².